The lowest BCUT2D eigenvalue weighted by atomic mass is 9.80. The second-order valence-corrected chi connectivity index (χ2v) is 4.45. The van der Waals surface area contributed by atoms with Crippen LogP contribution in [-0.2, 0) is 4.74 Å². The van der Waals surface area contributed by atoms with Crippen molar-refractivity contribution in [1.82, 2.24) is 4.90 Å². The maximum Gasteiger partial charge on any atom is 0.509 e. The van der Waals surface area contributed by atoms with E-state index in [9.17, 15) is 12.9 Å². The van der Waals surface area contributed by atoms with Crippen LogP contribution in [-0.4, -0.2) is 51.3 Å². The number of rotatable bonds is 5. The third-order valence-electron chi connectivity index (χ3n) is 3.02. The number of halogens is 3. The summed E-state index contributed by atoms with van der Waals surface area (Å²) >= 11 is 0. The second kappa shape index (κ2) is 6.30. The van der Waals surface area contributed by atoms with Gasteiger partial charge in [0.1, 0.15) is 12.4 Å². The molecule has 0 saturated carbocycles. The molecular formula is C12H16BF3NO2-. The molecule has 1 aliphatic heterocycles. The summed E-state index contributed by atoms with van der Waals surface area (Å²) in [7, 11) is 0. The summed E-state index contributed by atoms with van der Waals surface area (Å²) < 4.78 is 48.3. The first-order valence-electron chi connectivity index (χ1n) is 6.28. The molecule has 0 bridgehead atoms. The summed E-state index contributed by atoms with van der Waals surface area (Å²) in [5, 5.41) is 0. The minimum Gasteiger partial charge on any atom is -0.492 e. The van der Waals surface area contributed by atoms with Crippen molar-refractivity contribution in [3.63, 3.8) is 0 Å². The molecule has 1 aromatic carbocycles. The van der Waals surface area contributed by atoms with E-state index < -0.39 is 12.4 Å². The summed E-state index contributed by atoms with van der Waals surface area (Å²) in [6, 6.07) is 5.04. The van der Waals surface area contributed by atoms with Crippen molar-refractivity contribution in [3.8, 4) is 5.75 Å². The zero-order valence-electron chi connectivity index (χ0n) is 10.5. The lowest BCUT2D eigenvalue weighted by molar-refractivity contribution is 0.0322. The van der Waals surface area contributed by atoms with Crippen molar-refractivity contribution in [1.29, 1.82) is 0 Å². The molecule has 0 radical (unpaired) electrons. The van der Waals surface area contributed by atoms with Crippen molar-refractivity contribution in [3.05, 3.63) is 24.3 Å². The van der Waals surface area contributed by atoms with Gasteiger partial charge in [-0.15, -0.1) is 5.46 Å². The van der Waals surface area contributed by atoms with Gasteiger partial charge in [-0.3, -0.25) is 4.90 Å². The quantitative estimate of drug-likeness (QED) is 0.759. The summed E-state index contributed by atoms with van der Waals surface area (Å²) in [4.78, 5) is 2.17. The van der Waals surface area contributed by atoms with Crippen molar-refractivity contribution < 1.29 is 22.4 Å². The Morgan fingerprint density at radius 1 is 1.21 bits per heavy atom. The van der Waals surface area contributed by atoms with Gasteiger partial charge in [0.25, 0.3) is 0 Å². The highest BCUT2D eigenvalue weighted by Gasteiger charge is 2.25. The van der Waals surface area contributed by atoms with Gasteiger partial charge in [0.2, 0.25) is 0 Å². The molecule has 19 heavy (non-hydrogen) atoms. The molecule has 1 saturated heterocycles. The van der Waals surface area contributed by atoms with Crippen LogP contribution in [0.25, 0.3) is 0 Å². The van der Waals surface area contributed by atoms with Crippen LogP contribution in [0.2, 0.25) is 0 Å². The van der Waals surface area contributed by atoms with E-state index in [1.54, 1.807) is 6.07 Å². The highest BCUT2D eigenvalue weighted by molar-refractivity contribution is 6.73. The van der Waals surface area contributed by atoms with Crippen molar-refractivity contribution in [2.45, 2.75) is 0 Å². The lowest BCUT2D eigenvalue weighted by Gasteiger charge is -2.26. The van der Waals surface area contributed by atoms with Gasteiger partial charge >= 0.3 is 6.98 Å². The van der Waals surface area contributed by atoms with Gasteiger partial charge in [0.05, 0.1) is 13.2 Å². The molecule has 0 amide bonds. The number of benzene rings is 1. The Hall–Kier alpha value is -1.21. The number of hydrogen-bond donors (Lipinski definition) is 0. The van der Waals surface area contributed by atoms with Crippen LogP contribution < -0.4 is 10.2 Å². The molecular weight excluding hydrogens is 258 g/mol. The molecule has 0 N–H and O–H groups in total. The monoisotopic (exact) mass is 274 g/mol. The topological polar surface area (TPSA) is 21.7 Å². The lowest BCUT2D eigenvalue weighted by Crippen LogP contribution is -2.38. The molecule has 1 aliphatic rings. The molecule has 0 aliphatic carbocycles. The fourth-order valence-electron chi connectivity index (χ4n) is 1.93. The van der Waals surface area contributed by atoms with E-state index in [4.69, 9.17) is 9.47 Å². The van der Waals surface area contributed by atoms with Crippen molar-refractivity contribution >= 4 is 12.4 Å². The summed E-state index contributed by atoms with van der Waals surface area (Å²) in [5.41, 5.74) is -0.621. The van der Waals surface area contributed by atoms with Gasteiger partial charge in [0, 0.05) is 19.6 Å². The van der Waals surface area contributed by atoms with Crippen LogP contribution in [0.5, 0.6) is 5.75 Å². The normalized spacial score (nSPS) is 17.4. The Balaban J connectivity index is 1.82. The minimum atomic E-state index is -4.97. The van der Waals surface area contributed by atoms with Crippen molar-refractivity contribution in [2.75, 3.05) is 39.5 Å². The standard InChI is InChI=1S/C12H16BF3NO2/c14-13(15,16)11-2-1-3-12(10-11)19-9-6-17-4-7-18-8-5-17/h1-3,10H,4-9H2/q-1. The highest BCUT2D eigenvalue weighted by atomic mass is 19.4. The fourth-order valence-corrected chi connectivity index (χ4v) is 1.93. The van der Waals surface area contributed by atoms with E-state index in [0.717, 1.165) is 25.2 Å². The van der Waals surface area contributed by atoms with Gasteiger partial charge in [-0.2, -0.15) is 0 Å². The molecule has 0 aromatic heterocycles. The van der Waals surface area contributed by atoms with Crippen LogP contribution >= 0.6 is 0 Å². The third kappa shape index (κ3) is 4.43. The number of hydrogen-bond acceptors (Lipinski definition) is 3. The Labute approximate surface area is 110 Å². The predicted molar refractivity (Wildman–Crippen MR) is 67.9 cm³/mol. The third-order valence-corrected chi connectivity index (χ3v) is 3.02. The summed E-state index contributed by atoms with van der Waals surface area (Å²) in [5.74, 6) is 0.268. The molecule has 106 valence electrons. The largest absolute Gasteiger partial charge is 0.509 e. The van der Waals surface area contributed by atoms with Gasteiger partial charge in [-0.25, -0.2) is 0 Å². The Bertz CT molecular complexity index is 408. The van der Waals surface area contributed by atoms with Gasteiger partial charge in [-0.1, -0.05) is 12.1 Å². The average molecular weight is 274 g/mol. The van der Waals surface area contributed by atoms with Gasteiger partial charge in [0.15, 0.2) is 0 Å². The number of morpholine rings is 1. The van der Waals surface area contributed by atoms with Crippen molar-refractivity contribution in [2.24, 2.45) is 0 Å². The van der Waals surface area contributed by atoms with E-state index >= 15 is 0 Å². The van der Waals surface area contributed by atoms with Gasteiger partial charge < -0.3 is 22.4 Å². The fraction of sp³-hybridized carbons (Fsp3) is 0.500. The van der Waals surface area contributed by atoms with E-state index in [1.165, 1.54) is 6.07 Å². The van der Waals surface area contributed by atoms with E-state index in [2.05, 4.69) is 4.90 Å². The molecule has 1 fully saturated rings. The minimum absolute atomic E-state index is 0.268. The molecule has 0 spiro atoms. The zero-order valence-corrected chi connectivity index (χ0v) is 10.5. The molecule has 1 heterocycles. The molecule has 0 unspecified atom stereocenters. The predicted octanol–water partition coefficient (Wildman–Crippen LogP) is 1.45. The maximum absolute atomic E-state index is 12.6. The smallest absolute Gasteiger partial charge is 0.492 e. The van der Waals surface area contributed by atoms with Crippen LogP contribution in [0.15, 0.2) is 24.3 Å². The first kappa shape index (κ1) is 14.2. The summed E-state index contributed by atoms with van der Waals surface area (Å²) in [6.07, 6.45) is 0. The Morgan fingerprint density at radius 2 is 1.95 bits per heavy atom. The van der Waals surface area contributed by atoms with Crippen LogP contribution in [0.4, 0.5) is 12.9 Å². The Morgan fingerprint density at radius 3 is 2.63 bits per heavy atom. The van der Waals surface area contributed by atoms with Crippen LogP contribution in [0.1, 0.15) is 0 Å². The maximum atomic E-state index is 12.6. The average Bonchev–Trinajstić information content (AvgIpc) is 2.39. The van der Waals surface area contributed by atoms with Crippen LogP contribution in [0, 0.1) is 0 Å². The van der Waals surface area contributed by atoms with E-state index in [1.807, 2.05) is 0 Å². The molecule has 7 heteroatoms. The molecule has 1 aromatic rings. The number of nitrogens with zero attached hydrogens (tertiary/aromatic N) is 1. The van der Waals surface area contributed by atoms with E-state index in [0.29, 0.717) is 26.4 Å². The highest BCUT2D eigenvalue weighted by Crippen LogP contribution is 2.14. The number of ether oxygens (including phenoxy) is 2. The molecule has 2 rings (SSSR count). The Kier molecular flexibility index (Phi) is 4.71. The summed E-state index contributed by atoms with van der Waals surface area (Å²) in [6.45, 7) is -0.798. The van der Waals surface area contributed by atoms with Crippen LogP contribution in [0.3, 0.4) is 0 Å². The molecule has 3 nitrogen and oxygen atoms in total. The molecule has 0 atom stereocenters. The first-order valence-corrected chi connectivity index (χ1v) is 6.28. The van der Waals surface area contributed by atoms with E-state index in [-0.39, 0.29) is 5.75 Å². The first-order chi connectivity index (χ1) is 9.05. The second-order valence-electron chi connectivity index (χ2n) is 4.45. The SMILES string of the molecule is F[B-](F)(F)c1cccc(OCCN2CCOCC2)c1. The van der Waals surface area contributed by atoms with Gasteiger partial charge in [-0.05, 0) is 12.1 Å². The zero-order chi connectivity index (χ0) is 13.7.